The second-order valence-corrected chi connectivity index (χ2v) is 7.04. The van der Waals surface area contributed by atoms with Crippen LogP contribution in [0.15, 0.2) is 48.5 Å². The van der Waals surface area contributed by atoms with Crippen LogP contribution in [0.1, 0.15) is 63.7 Å². The molecule has 29 heavy (non-hydrogen) atoms. The van der Waals surface area contributed by atoms with E-state index in [9.17, 15) is 14.4 Å². The van der Waals surface area contributed by atoms with Crippen LogP contribution < -0.4 is 5.32 Å². The van der Waals surface area contributed by atoms with E-state index in [0.717, 1.165) is 38.8 Å². The molecule has 0 aromatic heterocycles. The Kier molecular flexibility index (Phi) is 7.00. The number of nitrogens with one attached hydrogen (secondary N) is 1. The van der Waals surface area contributed by atoms with Crippen molar-refractivity contribution >= 4 is 23.5 Å². The molecule has 152 valence electrons. The highest BCUT2D eigenvalue weighted by Crippen LogP contribution is 2.16. The van der Waals surface area contributed by atoms with Crippen molar-refractivity contribution in [1.82, 2.24) is 4.90 Å². The highest BCUT2D eigenvalue weighted by Gasteiger charge is 2.18. The minimum atomic E-state index is -0.398. The molecule has 6 nitrogen and oxygen atoms in total. The Balaban J connectivity index is 1.67. The summed E-state index contributed by atoms with van der Waals surface area (Å²) < 4.78 is 4.95. The van der Waals surface area contributed by atoms with Gasteiger partial charge in [-0.2, -0.15) is 0 Å². The van der Waals surface area contributed by atoms with Gasteiger partial charge in [-0.15, -0.1) is 0 Å². The summed E-state index contributed by atoms with van der Waals surface area (Å²) in [6.45, 7) is 3.59. The number of likely N-dealkylation sites (tertiary alicyclic amines) is 1. The molecule has 1 aliphatic heterocycles. The van der Waals surface area contributed by atoms with E-state index >= 15 is 0 Å². The molecule has 1 N–H and O–H groups in total. The van der Waals surface area contributed by atoms with Crippen LogP contribution in [0.4, 0.5) is 5.69 Å². The fourth-order valence-corrected chi connectivity index (χ4v) is 3.36. The number of anilines is 1. The average molecular weight is 394 g/mol. The number of benzene rings is 2. The SMILES string of the molecule is CCOC(=O)c1ccc(NC(=O)c2cccc(C(=O)N3CCCCCC3)c2)cc1. The van der Waals surface area contributed by atoms with Crippen molar-refractivity contribution in [2.24, 2.45) is 0 Å². The maximum absolute atomic E-state index is 12.8. The maximum atomic E-state index is 12.8. The Labute approximate surface area is 170 Å². The van der Waals surface area contributed by atoms with Crippen LogP contribution in [-0.2, 0) is 4.74 Å². The molecule has 6 heteroatoms. The first-order chi connectivity index (χ1) is 14.1. The molecule has 0 unspecified atom stereocenters. The fraction of sp³-hybridized carbons (Fsp3) is 0.348. The lowest BCUT2D eigenvalue weighted by Crippen LogP contribution is -2.32. The normalized spacial score (nSPS) is 14.0. The molecule has 0 aliphatic carbocycles. The predicted molar refractivity (Wildman–Crippen MR) is 111 cm³/mol. The first kappa shape index (κ1) is 20.6. The number of esters is 1. The predicted octanol–water partition coefficient (Wildman–Crippen LogP) is 4.13. The van der Waals surface area contributed by atoms with E-state index in [1.807, 2.05) is 4.90 Å². The largest absolute Gasteiger partial charge is 0.462 e. The number of nitrogens with zero attached hydrogens (tertiary/aromatic N) is 1. The van der Waals surface area contributed by atoms with Gasteiger partial charge < -0.3 is 15.0 Å². The molecule has 2 aromatic rings. The summed E-state index contributed by atoms with van der Waals surface area (Å²) in [6.07, 6.45) is 4.35. The second-order valence-electron chi connectivity index (χ2n) is 7.04. The average Bonchev–Trinajstić information content (AvgIpc) is 3.03. The van der Waals surface area contributed by atoms with Crippen molar-refractivity contribution in [1.29, 1.82) is 0 Å². The summed E-state index contributed by atoms with van der Waals surface area (Å²) >= 11 is 0. The number of carbonyl (C=O) groups is 3. The zero-order valence-electron chi connectivity index (χ0n) is 16.6. The van der Waals surface area contributed by atoms with Crippen LogP contribution in [0.5, 0.6) is 0 Å². The molecular formula is C23H26N2O4. The zero-order valence-corrected chi connectivity index (χ0v) is 16.6. The molecule has 0 bridgehead atoms. The van der Waals surface area contributed by atoms with E-state index in [1.165, 1.54) is 0 Å². The molecule has 2 aromatic carbocycles. The summed E-state index contributed by atoms with van der Waals surface area (Å²) in [4.78, 5) is 39.0. The quantitative estimate of drug-likeness (QED) is 0.774. The lowest BCUT2D eigenvalue weighted by Gasteiger charge is -2.20. The first-order valence-corrected chi connectivity index (χ1v) is 10.1. The third kappa shape index (κ3) is 5.44. The number of rotatable bonds is 5. The van der Waals surface area contributed by atoms with Crippen LogP contribution in [0.2, 0.25) is 0 Å². The van der Waals surface area contributed by atoms with Gasteiger partial charge in [0.05, 0.1) is 12.2 Å². The number of ether oxygens (including phenoxy) is 1. The van der Waals surface area contributed by atoms with Gasteiger partial charge in [-0.05, 0) is 62.2 Å². The molecule has 0 radical (unpaired) electrons. The molecule has 3 rings (SSSR count). The summed E-state index contributed by atoms with van der Waals surface area (Å²) in [5.74, 6) is -0.732. The third-order valence-corrected chi connectivity index (χ3v) is 4.92. The minimum Gasteiger partial charge on any atom is -0.462 e. The summed E-state index contributed by atoms with van der Waals surface area (Å²) in [5, 5.41) is 2.80. The monoisotopic (exact) mass is 394 g/mol. The molecule has 1 fully saturated rings. The molecule has 1 heterocycles. The zero-order chi connectivity index (χ0) is 20.6. The van der Waals surface area contributed by atoms with Crippen molar-refractivity contribution < 1.29 is 19.1 Å². The van der Waals surface area contributed by atoms with E-state index in [1.54, 1.807) is 55.5 Å². The van der Waals surface area contributed by atoms with E-state index in [0.29, 0.717) is 29.0 Å². The minimum absolute atomic E-state index is 0.0275. The Hall–Kier alpha value is -3.15. The van der Waals surface area contributed by atoms with Crippen molar-refractivity contribution in [3.8, 4) is 0 Å². The molecule has 0 atom stereocenters. The maximum Gasteiger partial charge on any atom is 0.338 e. The lowest BCUT2D eigenvalue weighted by atomic mass is 10.1. The van der Waals surface area contributed by atoms with Gasteiger partial charge in [0.15, 0.2) is 0 Å². The molecule has 2 amide bonds. The van der Waals surface area contributed by atoms with Crippen LogP contribution in [0.3, 0.4) is 0 Å². The highest BCUT2D eigenvalue weighted by molar-refractivity contribution is 6.06. The number of carbonyl (C=O) groups excluding carboxylic acids is 3. The number of hydrogen-bond donors (Lipinski definition) is 1. The van der Waals surface area contributed by atoms with Gasteiger partial charge in [-0.25, -0.2) is 4.79 Å². The molecule has 1 saturated heterocycles. The van der Waals surface area contributed by atoms with Gasteiger partial charge in [-0.3, -0.25) is 9.59 Å². The molecule has 0 saturated carbocycles. The fourth-order valence-electron chi connectivity index (χ4n) is 3.36. The summed E-state index contributed by atoms with van der Waals surface area (Å²) in [7, 11) is 0. The highest BCUT2D eigenvalue weighted by atomic mass is 16.5. The van der Waals surface area contributed by atoms with Crippen molar-refractivity contribution in [2.45, 2.75) is 32.6 Å². The Morgan fingerprint density at radius 1 is 0.897 bits per heavy atom. The van der Waals surface area contributed by atoms with Crippen LogP contribution >= 0.6 is 0 Å². The van der Waals surface area contributed by atoms with Gasteiger partial charge >= 0.3 is 5.97 Å². The van der Waals surface area contributed by atoms with Crippen LogP contribution in [0, 0.1) is 0 Å². The van der Waals surface area contributed by atoms with Crippen LogP contribution in [0.25, 0.3) is 0 Å². The lowest BCUT2D eigenvalue weighted by molar-refractivity contribution is 0.0526. The molecule has 1 aliphatic rings. The van der Waals surface area contributed by atoms with Gasteiger partial charge in [0.1, 0.15) is 0 Å². The number of hydrogen-bond acceptors (Lipinski definition) is 4. The molecular weight excluding hydrogens is 368 g/mol. The van der Waals surface area contributed by atoms with Crippen molar-refractivity contribution in [2.75, 3.05) is 25.0 Å². The van der Waals surface area contributed by atoms with Gasteiger partial charge in [0, 0.05) is 29.9 Å². The first-order valence-electron chi connectivity index (χ1n) is 10.1. The second kappa shape index (κ2) is 9.87. The van der Waals surface area contributed by atoms with E-state index in [-0.39, 0.29) is 11.8 Å². The molecule has 0 spiro atoms. The Morgan fingerprint density at radius 2 is 1.55 bits per heavy atom. The van der Waals surface area contributed by atoms with E-state index in [2.05, 4.69) is 5.32 Å². The topological polar surface area (TPSA) is 75.7 Å². The van der Waals surface area contributed by atoms with Gasteiger partial charge in [-0.1, -0.05) is 18.9 Å². The smallest absolute Gasteiger partial charge is 0.338 e. The third-order valence-electron chi connectivity index (χ3n) is 4.92. The van der Waals surface area contributed by atoms with E-state index < -0.39 is 5.97 Å². The summed E-state index contributed by atoms with van der Waals surface area (Å²) in [5.41, 5.74) is 1.93. The standard InChI is InChI=1S/C23H26N2O4/c1-2-29-23(28)17-10-12-20(13-11-17)24-21(26)18-8-7-9-19(16-18)22(27)25-14-5-3-4-6-15-25/h7-13,16H,2-6,14-15H2,1H3,(H,24,26). The van der Waals surface area contributed by atoms with E-state index in [4.69, 9.17) is 4.74 Å². The number of amides is 2. The summed E-state index contributed by atoms with van der Waals surface area (Å²) in [6, 6.07) is 13.3. The van der Waals surface area contributed by atoms with Crippen molar-refractivity contribution in [3.05, 3.63) is 65.2 Å². The Bertz CT molecular complexity index is 869. The Morgan fingerprint density at radius 3 is 2.21 bits per heavy atom. The van der Waals surface area contributed by atoms with Crippen LogP contribution in [-0.4, -0.2) is 42.4 Å². The van der Waals surface area contributed by atoms with Gasteiger partial charge in [0.25, 0.3) is 11.8 Å². The van der Waals surface area contributed by atoms with Gasteiger partial charge in [0.2, 0.25) is 0 Å². The van der Waals surface area contributed by atoms with Crippen molar-refractivity contribution in [3.63, 3.8) is 0 Å².